The number of aryl methyl sites for hydroxylation is 1. The summed E-state index contributed by atoms with van der Waals surface area (Å²) in [5, 5.41) is 10.8. The summed E-state index contributed by atoms with van der Waals surface area (Å²) in [5.41, 5.74) is 4.96. The zero-order valence-corrected chi connectivity index (χ0v) is 19.9. The fourth-order valence-corrected chi connectivity index (χ4v) is 5.03. The van der Waals surface area contributed by atoms with Gasteiger partial charge in [0.2, 0.25) is 0 Å². The van der Waals surface area contributed by atoms with Crippen LogP contribution in [0.2, 0.25) is 0 Å². The number of imidazole rings is 1. The van der Waals surface area contributed by atoms with E-state index in [4.69, 9.17) is 4.98 Å². The second kappa shape index (κ2) is 8.64. The van der Waals surface area contributed by atoms with Crippen LogP contribution in [-0.4, -0.2) is 41.7 Å². The van der Waals surface area contributed by atoms with Gasteiger partial charge in [0.05, 0.1) is 17.1 Å². The molecule has 0 atom stereocenters. The Bertz CT molecular complexity index is 1680. The van der Waals surface area contributed by atoms with Gasteiger partial charge in [0.1, 0.15) is 16.9 Å². The molecule has 3 N–H and O–H groups in total. The highest BCUT2D eigenvalue weighted by Gasteiger charge is 2.21. The van der Waals surface area contributed by atoms with Gasteiger partial charge in [-0.1, -0.05) is 6.92 Å². The van der Waals surface area contributed by atoms with Crippen LogP contribution >= 0.6 is 11.3 Å². The van der Waals surface area contributed by atoms with Crippen LogP contribution in [0.1, 0.15) is 17.4 Å². The van der Waals surface area contributed by atoms with Gasteiger partial charge in [-0.2, -0.15) is 5.10 Å². The molecule has 6 heterocycles. The summed E-state index contributed by atoms with van der Waals surface area (Å²) in [6.07, 6.45) is 6.71. The lowest BCUT2D eigenvalue weighted by atomic mass is 10.1. The van der Waals surface area contributed by atoms with Crippen molar-refractivity contribution < 1.29 is 4.39 Å². The number of aromatic amines is 2. The topological polar surface area (TPSA) is 108 Å². The highest BCUT2D eigenvalue weighted by Crippen LogP contribution is 2.35. The molecule has 0 aliphatic heterocycles. The number of fused-ring (bicyclic) bond motifs is 2. The van der Waals surface area contributed by atoms with Crippen LogP contribution in [0.4, 0.5) is 4.39 Å². The Labute approximate surface area is 203 Å². The summed E-state index contributed by atoms with van der Waals surface area (Å²) in [6, 6.07) is 7.99. The fourth-order valence-electron chi connectivity index (χ4n) is 4.13. The lowest BCUT2D eigenvalue weighted by Gasteiger charge is -2.07. The summed E-state index contributed by atoms with van der Waals surface area (Å²) in [4.78, 5) is 23.4. The maximum atomic E-state index is 15.9. The largest absolute Gasteiger partial charge is 0.321 e. The van der Waals surface area contributed by atoms with E-state index in [1.807, 2.05) is 19.1 Å². The van der Waals surface area contributed by atoms with Crippen molar-refractivity contribution in [1.82, 2.24) is 40.4 Å². The average molecular weight is 485 g/mol. The van der Waals surface area contributed by atoms with Crippen LogP contribution in [0, 0.1) is 12.7 Å². The highest BCUT2D eigenvalue weighted by molar-refractivity contribution is 7.15. The van der Waals surface area contributed by atoms with E-state index in [0.29, 0.717) is 40.2 Å². The maximum absolute atomic E-state index is 15.9. The van der Waals surface area contributed by atoms with Crippen molar-refractivity contribution in [2.75, 3.05) is 6.54 Å². The Kier molecular flexibility index (Phi) is 5.31. The Morgan fingerprint density at radius 1 is 1.09 bits per heavy atom. The highest BCUT2D eigenvalue weighted by atomic mass is 32.1. The summed E-state index contributed by atoms with van der Waals surface area (Å²) in [7, 11) is 0. The van der Waals surface area contributed by atoms with Crippen LogP contribution in [0.5, 0.6) is 0 Å². The van der Waals surface area contributed by atoms with Gasteiger partial charge in [-0.3, -0.25) is 15.1 Å². The molecule has 10 heteroatoms. The molecule has 6 aromatic heterocycles. The Morgan fingerprint density at radius 2 is 2.00 bits per heavy atom. The van der Waals surface area contributed by atoms with Gasteiger partial charge >= 0.3 is 0 Å². The van der Waals surface area contributed by atoms with Gasteiger partial charge in [-0.15, -0.1) is 11.3 Å². The van der Waals surface area contributed by atoms with Crippen LogP contribution in [0.15, 0.2) is 49.1 Å². The van der Waals surface area contributed by atoms with E-state index in [2.05, 4.69) is 54.5 Å². The molecule has 0 spiro atoms. The minimum absolute atomic E-state index is 0.218. The second-order valence-electron chi connectivity index (χ2n) is 8.20. The fraction of sp³-hybridized carbons (Fsp3) is 0.160. The van der Waals surface area contributed by atoms with Crippen LogP contribution in [0.25, 0.3) is 55.3 Å². The standard InChI is InChI=1S/C25H21FN8S/c1-3-27-9-14-8-15(11-28-10-14)21-20(26)19-17(12-30-21)33-34-23(19)25-31-22-16(6-7-29-24(22)32-25)18-5-4-13(2)35-18/h4-8,10-12,27H,3,9H2,1-2H3,(H,33,34)(H,29,31,32). The SMILES string of the molecule is CCNCc1cncc(-c2ncc3[nH]nc(-c4nc5c(-c6ccc(C)s6)ccnc5[nH]4)c3c2F)c1. The zero-order valence-electron chi connectivity index (χ0n) is 19.1. The van der Waals surface area contributed by atoms with Gasteiger partial charge in [-0.05, 0) is 43.3 Å². The van der Waals surface area contributed by atoms with E-state index in [1.165, 1.54) is 4.88 Å². The number of halogens is 1. The first-order valence-corrected chi connectivity index (χ1v) is 12.0. The predicted octanol–water partition coefficient (Wildman–Crippen LogP) is 5.24. The predicted molar refractivity (Wildman–Crippen MR) is 135 cm³/mol. The molecule has 0 radical (unpaired) electrons. The molecule has 0 bridgehead atoms. The molecule has 8 nitrogen and oxygen atoms in total. The van der Waals surface area contributed by atoms with E-state index < -0.39 is 5.82 Å². The minimum atomic E-state index is -0.476. The smallest absolute Gasteiger partial charge is 0.161 e. The van der Waals surface area contributed by atoms with Crippen molar-refractivity contribution in [1.29, 1.82) is 0 Å². The minimum Gasteiger partial charge on any atom is -0.321 e. The monoisotopic (exact) mass is 484 g/mol. The van der Waals surface area contributed by atoms with E-state index >= 15 is 4.39 Å². The van der Waals surface area contributed by atoms with Gasteiger partial charge < -0.3 is 10.3 Å². The van der Waals surface area contributed by atoms with Crippen LogP contribution in [0.3, 0.4) is 0 Å². The van der Waals surface area contributed by atoms with Crippen molar-refractivity contribution in [3.63, 3.8) is 0 Å². The van der Waals surface area contributed by atoms with E-state index in [1.54, 1.807) is 36.1 Å². The lowest BCUT2D eigenvalue weighted by Crippen LogP contribution is -2.11. The quantitative estimate of drug-likeness (QED) is 0.298. The molecule has 0 amide bonds. The third kappa shape index (κ3) is 3.76. The van der Waals surface area contributed by atoms with Crippen LogP contribution in [-0.2, 0) is 6.54 Å². The third-order valence-electron chi connectivity index (χ3n) is 5.81. The lowest BCUT2D eigenvalue weighted by molar-refractivity contribution is 0.638. The normalized spacial score (nSPS) is 11.6. The zero-order chi connectivity index (χ0) is 23.9. The van der Waals surface area contributed by atoms with E-state index in [9.17, 15) is 0 Å². The van der Waals surface area contributed by atoms with Crippen molar-refractivity contribution in [2.45, 2.75) is 20.4 Å². The molecule has 0 saturated carbocycles. The van der Waals surface area contributed by atoms with Gasteiger partial charge in [-0.25, -0.2) is 14.4 Å². The number of H-pyrrole nitrogens is 2. The van der Waals surface area contributed by atoms with Crippen molar-refractivity contribution >= 4 is 33.4 Å². The Morgan fingerprint density at radius 3 is 2.83 bits per heavy atom. The molecule has 6 rings (SSSR count). The molecule has 174 valence electrons. The molecule has 0 saturated heterocycles. The summed E-state index contributed by atoms with van der Waals surface area (Å²) >= 11 is 1.69. The Balaban J connectivity index is 1.48. The second-order valence-corrected chi connectivity index (χ2v) is 9.48. The molecule has 0 unspecified atom stereocenters. The number of aromatic nitrogens is 7. The van der Waals surface area contributed by atoms with Gasteiger partial charge in [0, 0.05) is 46.0 Å². The van der Waals surface area contributed by atoms with Crippen molar-refractivity contribution in [3.8, 4) is 33.2 Å². The molecule has 0 aliphatic rings. The molecular formula is C25H21FN8S. The van der Waals surface area contributed by atoms with Gasteiger partial charge in [0.15, 0.2) is 17.3 Å². The third-order valence-corrected chi connectivity index (χ3v) is 6.84. The molecule has 35 heavy (non-hydrogen) atoms. The number of rotatable bonds is 6. The van der Waals surface area contributed by atoms with Crippen LogP contribution < -0.4 is 5.32 Å². The first kappa shape index (κ1) is 21.5. The van der Waals surface area contributed by atoms with Crippen molar-refractivity contribution in [3.05, 3.63) is 65.3 Å². The molecule has 0 aromatic carbocycles. The van der Waals surface area contributed by atoms with Gasteiger partial charge in [0.25, 0.3) is 0 Å². The summed E-state index contributed by atoms with van der Waals surface area (Å²) in [5.74, 6) is -0.0364. The number of thiophene rings is 1. The number of pyridine rings is 3. The first-order valence-electron chi connectivity index (χ1n) is 11.2. The first-order chi connectivity index (χ1) is 17.1. The summed E-state index contributed by atoms with van der Waals surface area (Å²) < 4.78 is 15.9. The molecular weight excluding hydrogens is 463 g/mol. The molecule has 0 aliphatic carbocycles. The number of nitrogens with zero attached hydrogens (tertiary/aromatic N) is 5. The number of nitrogens with one attached hydrogen (secondary N) is 3. The molecule has 6 aromatic rings. The Hall–Kier alpha value is -4.02. The summed E-state index contributed by atoms with van der Waals surface area (Å²) in [6.45, 7) is 5.58. The van der Waals surface area contributed by atoms with E-state index in [-0.39, 0.29) is 5.69 Å². The number of hydrogen-bond acceptors (Lipinski definition) is 7. The molecule has 0 fully saturated rings. The van der Waals surface area contributed by atoms with E-state index in [0.717, 1.165) is 28.1 Å². The average Bonchev–Trinajstić information content (AvgIpc) is 3.60. The number of hydrogen-bond donors (Lipinski definition) is 3. The maximum Gasteiger partial charge on any atom is 0.161 e. The van der Waals surface area contributed by atoms with Crippen molar-refractivity contribution in [2.24, 2.45) is 0 Å².